The van der Waals surface area contributed by atoms with Crippen molar-refractivity contribution in [3.8, 4) is 0 Å². The van der Waals surface area contributed by atoms with Crippen LogP contribution in [0.4, 0.5) is 4.39 Å². The molecule has 0 unspecified atom stereocenters. The number of aryl methyl sites for hydroxylation is 1. The molecule has 1 aromatic carbocycles. The molecule has 0 aliphatic carbocycles. The predicted octanol–water partition coefficient (Wildman–Crippen LogP) is 3.38. The summed E-state index contributed by atoms with van der Waals surface area (Å²) in [5.41, 5.74) is 4.71. The second kappa shape index (κ2) is 4.39. The van der Waals surface area contributed by atoms with Gasteiger partial charge in [0.05, 0.1) is 0 Å². The number of hydrogen-bond donors (Lipinski definition) is 1. The molecule has 18 heavy (non-hydrogen) atoms. The maximum atomic E-state index is 13.6. The van der Waals surface area contributed by atoms with Gasteiger partial charge in [0, 0.05) is 36.1 Å². The number of fused-ring (bicyclic) bond motifs is 3. The van der Waals surface area contributed by atoms with Crippen LogP contribution in [0.25, 0.3) is 10.9 Å². The summed E-state index contributed by atoms with van der Waals surface area (Å²) >= 11 is 0. The smallest absolute Gasteiger partial charge is 0.124 e. The minimum atomic E-state index is -0.130. The van der Waals surface area contributed by atoms with Gasteiger partial charge in [-0.15, -0.1) is 0 Å². The molecule has 0 amide bonds. The normalized spacial score (nSPS) is 16.2. The number of aromatic nitrogens is 1. The molecule has 0 saturated heterocycles. The number of nitrogens with zero attached hydrogens (tertiary/aromatic N) is 1. The Bertz CT molecular complexity index is 586. The Labute approximate surface area is 107 Å². The summed E-state index contributed by atoms with van der Waals surface area (Å²) in [4.78, 5) is 5.94. The molecule has 3 rings (SSSR count). The predicted molar refractivity (Wildman–Crippen MR) is 72.3 cm³/mol. The van der Waals surface area contributed by atoms with Gasteiger partial charge >= 0.3 is 0 Å². The van der Waals surface area contributed by atoms with Gasteiger partial charge in [-0.2, -0.15) is 0 Å². The van der Waals surface area contributed by atoms with Crippen molar-refractivity contribution in [3.05, 3.63) is 34.8 Å². The first-order valence-corrected chi connectivity index (χ1v) is 6.71. The third kappa shape index (κ3) is 1.83. The van der Waals surface area contributed by atoms with Crippen molar-refractivity contribution in [2.24, 2.45) is 0 Å². The van der Waals surface area contributed by atoms with Gasteiger partial charge in [0.1, 0.15) is 5.82 Å². The lowest BCUT2D eigenvalue weighted by atomic mass is 10.0. The summed E-state index contributed by atoms with van der Waals surface area (Å²) in [5, 5.41) is 1.07. The van der Waals surface area contributed by atoms with E-state index in [1.807, 2.05) is 6.92 Å². The molecule has 0 fully saturated rings. The van der Waals surface area contributed by atoms with Crippen LogP contribution in [-0.2, 0) is 13.0 Å². The van der Waals surface area contributed by atoms with E-state index in [9.17, 15) is 4.39 Å². The van der Waals surface area contributed by atoms with E-state index >= 15 is 0 Å². The standard InChI is InChI=1S/C15H19FN2/c1-3-5-18-6-4-14-13(9-18)12-8-11(16)7-10(2)15(12)17-14/h7-8,17H,3-6,9H2,1-2H3. The van der Waals surface area contributed by atoms with Crippen LogP contribution < -0.4 is 0 Å². The molecule has 1 aliphatic heterocycles. The lowest BCUT2D eigenvalue weighted by Crippen LogP contribution is -2.30. The molecular formula is C15H19FN2. The topological polar surface area (TPSA) is 19.0 Å². The van der Waals surface area contributed by atoms with Crippen molar-refractivity contribution < 1.29 is 4.39 Å². The summed E-state index contributed by atoms with van der Waals surface area (Å²) in [5.74, 6) is -0.130. The first-order chi connectivity index (χ1) is 8.69. The van der Waals surface area contributed by atoms with Crippen LogP contribution in [0, 0.1) is 12.7 Å². The van der Waals surface area contributed by atoms with E-state index in [4.69, 9.17) is 0 Å². The van der Waals surface area contributed by atoms with Gasteiger partial charge in [-0.3, -0.25) is 4.90 Å². The van der Waals surface area contributed by atoms with Gasteiger partial charge in [-0.25, -0.2) is 4.39 Å². The zero-order valence-electron chi connectivity index (χ0n) is 11.0. The van der Waals surface area contributed by atoms with Crippen molar-refractivity contribution in [2.75, 3.05) is 13.1 Å². The number of nitrogens with one attached hydrogen (secondary N) is 1. The molecule has 96 valence electrons. The first-order valence-electron chi connectivity index (χ1n) is 6.71. The number of rotatable bonds is 2. The van der Waals surface area contributed by atoms with Crippen molar-refractivity contribution in [3.63, 3.8) is 0 Å². The number of aromatic amines is 1. The zero-order valence-corrected chi connectivity index (χ0v) is 11.0. The van der Waals surface area contributed by atoms with E-state index in [0.717, 1.165) is 42.5 Å². The number of halogens is 1. The van der Waals surface area contributed by atoms with Crippen molar-refractivity contribution in [1.29, 1.82) is 0 Å². The number of hydrogen-bond acceptors (Lipinski definition) is 1. The highest BCUT2D eigenvalue weighted by molar-refractivity contribution is 5.87. The molecule has 1 aromatic heterocycles. The molecule has 0 atom stereocenters. The van der Waals surface area contributed by atoms with Crippen molar-refractivity contribution in [2.45, 2.75) is 33.2 Å². The first kappa shape index (κ1) is 11.7. The molecule has 2 aromatic rings. The minimum absolute atomic E-state index is 0.130. The molecule has 0 bridgehead atoms. The van der Waals surface area contributed by atoms with Crippen LogP contribution in [0.3, 0.4) is 0 Å². The summed E-state index contributed by atoms with van der Waals surface area (Å²) in [6.45, 7) is 7.35. The second-order valence-electron chi connectivity index (χ2n) is 5.25. The highest BCUT2D eigenvalue weighted by Gasteiger charge is 2.21. The fourth-order valence-electron chi connectivity index (χ4n) is 3.01. The van der Waals surface area contributed by atoms with E-state index in [1.54, 1.807) is 12.1 Å². The fourth-order valence-corrected chi connectivity index (χ4v) is 3.01. The Hall–Kier alpha value is -1.35. The monoisotopic (exact) mass is 246 g/mol. The van der Waals surface area contributed by atoms with E-state index in [0.29, 0.717) is 0 Å². The van der Waals surface area contributed by atoms with Gasteiger partial charge in [-0.1, -0.05) is 6.92 Å². The summed E-state index contributed by atoms with van der Waals surface area (Å²) in [6, 6.07) is 3.28. The highest BCUT2D eigenvalue weighted by Crippen LogP contribution is 2.30. The molecule has 0 spiro atoms. The van der Waals surface area contributed by atoms with E-state index in [1.165, 1.54) is 17.7 Å². The summed E-state index contributed by atoms with van der Waals surface area (Å²) in [6.07, 6.45) is 2.22. The van der Waals surface area contributed by atoms with E-state index in [-0.39, 0.29) is 5.82 Å². The lowest BCUT2D eigenvalue weighted by molar-refractivity contribution is 0.255. The molecule has 2 nitrogen and oxygen atoms in total. The van der Waals surface area contributed by atoms with Crippen molar-refractivity contribution >= 4 is 10.9 Å². The molecular weight excluding hydrogens is 227 g/mol. The Kier molecular flexibility index (Phi) is 2.86. The van der Waals surface area contributed by atoms with E-state index < -0.39 is 0 Å². The Morgan fingerprint density at radius 2 is 2.22 bits per heavy atom. The molecule has 0 radical (unpaired) electrons. The third-order valence-electron chi connectivity index (χ3n) is 3.87. The van der Waals surface area contributed by atoms with Crippen LogP contribution in [0.5, 0.6) is 0 Å². The largest absolute Gasteiger partial charge is 0.358 e. The van der Waals surface area contributed by atoms with Gasteiger partial charge in [0.25, 0.3) is 0 Å². The number of H-pyrrole nitrogens is 1. The van der Waals surface area contributed by atoms with Crippen LogP contribution in [0.2, 0.25) is 0 Å². The average Bonchev–Trinajstić information content (AvgIpc) is 2.68. The minimum Gasteiger partial charge on any atom is -0.358 e. The van der Waals surface area contributed by atoms with Crippen LogP contribution in [0.1, 0.15) is 30.2 Å². The second-order valence-corrected chi connectivity index (χ2v) is 5.25. The van der Waals surface area contributed by atoms with Crippen LogP contribution >= 0.6 is 0 Å². The lowest BCUT2D eigenvalue weighted by Gasteiger charge is -2.26. The van der Waals surface area contributed by atoms with Gasteiger partial charge in [0.15, 0.2) is 0 Å². The third-order valence-corrected chi connectivity index (χ3v) is 3.87. The molecule has 3 heteroatoms. The molecule has 0 saturated carbocycles. The van der Waals surface area contributed by atoms with Crippen LogP contribution in [0.15, 0.2) is 12.1 Å². The number of benzene rings is 1. The summed E-state index contributed by atoms with van der Waals surface area (Å²) < 4.78 is 13.6. The van der Waals surface area contributed by atoms with Crippen LogP contribution in [-0.4, -0.2) is 23.0 Å². The molecule has 2 heterocycles. The Morgan fingerprint density at radius 1 is 1.39 bits per heavy atom. The van der Waals surface area contributed by atoms with Gasteiger partial charge in [0.2, 0.25) is 0 Å². The Balaban J connectivity index is 2.09. The maximum absolute atomic E-state index is 13.6. The highest BCUT2D eigenvalue weighted by atomic mass is 19.1. The average molecular weight is 246 g/mol. The SMILES string of the molecule is CCCN1CCc2[nH]c3c(C)cc(F)cc3c2C1. The fraction of sp³-hybridized carbons (Fsp3) is 0.467. The maximum Gasteiger partial charge on any atom is 0.124 e. The van der Waals surface area contributed by atoms with Crippen molar-refractivity contribution in [1.82, 2.24) is 9.88 Å². The Morgan fingerprint density at radius 3 is 3.00 bits per heavy atom. The molecule has 1 N–H and O–H groups in total. The van der Waals surface area contributed by atoms with Gasteiger partial charge < -0.3 is 4.98 Å². The molecule has 1 aliphatic rings. The zero-order chi connectivity index (χ0) is 12.7. The quantitative estimate of drug-likeness (QED) is 0.860. The summed E-state index contributed by atoms with van der Waals surface area (Å²) in [7, 11) is 0. The van der Waals surface area contributed by atoms with E-state index in [2.05, 4.69) is 16.8 Å². The van der Waals surface area contributed by atoms with Gasteiger partial charge in [-0.05, 0) is 43.1 Å².